The Morgan fingerprint density at radius 2 is 1.93 bits per heavy atom. The number of halogens is 1. The number of nitrogens with one attached hydrogen (secondary N) is 2. The molecule has 0 radical (unpaired) electrons. The SMILES string of the molecule is CCC(C)(C)C1CCC2(CC1)NC(=O)N(CC(=O)NC(C)c1ccccc1Br)C2=O. The number of carbonyl (C=O) groups is 3. The van der Waals surface area contributed by atoms with Gasteiger partial charge in [-0.1, -0.05) is 61.3 Å². The molecule has 30 heavy (non-hydrogen) atoms. The van der Waals surface area contributed by atoms with Crippen LogP contribution in [0.2, 0.25) is 0 Å². The summed E-state index contributed by atoms with van der Waals surface area (Å²) in [5.74, 6) is -0.0658. The molecule has 1 spiro atoms. The van der Waals surface area contributed by atoms with Crippen LogP contribution in [-0.4, -0.2) is 34.8 Å². The second kappa shape index (κ2) is 8.69. The number of imide groups is 1. The average Bonchev–Trinajstić information content (AvgIpc) is 2.92. The normalized spacial score (nSPS) is 25.4. The zero-order valence-corrected chi connectivity index (χ0v) is 19.8. The molecule has 1 aromatic carbocycles. The summed E-state index contributed by atoms with van der Waals surface area (Å²) in [6, 6.07) is 6.95. The lowest BCUT2D eigenvalue weighted by atomic mass is 9.65. The Kier molecular flexibility index (Phi) is 6.60. The summed E-state index contributed by atoms with van der Waals surface area (Å²) in [4.78, 5) is 39.3. The molecule has 1 atom stereocenters. The summed E-state index contributed by atoms with van der Waals surface area (Å²) < 4.78 is 0.901. The maximum absolute atomic E-state index is 13.1. The van der Waals surface area contributed by atoms with Gasteiger partial charge in [0, 0.05) is 4.47 Å². The van der Waals surface area contributed by atoms with Gasteiger partial charge in [0.25, 0.3) is 5.91 Å². The van der Waals surface area contributed by atoms with Crippen molar-refractivity contribution in [1.29, 1.82) is 0 Å². The van der Waals surface area contributed by atoms with E-state index in [2.05, 4.69) is 47.3 Å². The number of benzene rings is 1. The molecule has 1 aliphatic carbocycles. The standard InChI is InChI=1S/C23H32BrN3O3/c1-5-22(3,4)16-10-12-23(13-11-16)20(29)27(21(30)26-23)14-19(28)25-15(2)17-8-6-7-9-18(17)24/h6-9,15-16H,5,10-14H2,1-4H3,(H,25,28)(H,26,30). The Labute approximate surface area is 187 Å². The van der Waals surface area contributed by atoms with Crippen LogP contribution in [-0.2, 0) is 9.59 Å². The smallest absolute Gasteiger partial charge is 0.325 e. The molecule has 1 unspecified atom stereocenters. The predicted octanol–water partition coefficient (Wildman–Crippen LogP) is 4.54. The largest absolute Gasteiger partial charge is 0.348 e. The minimum atomic E-state index is -0.842. The first kappa shape index (κ1) is 22.8. The first-order chi connectivity index (χ1) is 14.1. The molecule has 4 amide bonds. The third kappa shape index (κ3) is 4.41. The highest BCUT2D eigenvalue weighted by Crippen LogP contribution is 2.45. The summed E-state index contributed by atoms with van der Waals surface area (Å²) >= 11 is 3.49. The van der Waals surface area contributed by atoms with E-state index < -0.39 is 11.6 Å². The fourth-order valence-electron chi connectivity index (χ4n) is 4.67. The predicted molar refractivity (Wildman–Crippen MR) is 120 cm³/mol. The van der Waals surface area contributed by atoms with Crippen LogP contribution in [0.3, 0.4) is 0 Å². The fraction of sp³-hybridized carbons (Fsp3) is 0.609. The minimum absolute atomic E-state index is 0.231. The summed E-state index contributed by atoms with van der Waals surface area (Å²) in [5, 5.41) is 5.80. The van der Waals surface area contributed by atoms with E-state index in [9.17, 15) is 14.4 Å². The number of urea groups is 1. The highest BCUT2D eigenvalue weighted by Gasteiger charge is 2.53. The first-order valence-corrected chi connectivity index (χ1v) is 11.6. The lowest BCUT2D eigenvalue weighted by molar-refractivity contribution is -0.136. The van der Waals surface area contributed by atoms with Gasteiger partial charge in [-0.05, 0) is 55.6 Å². The minimum Gasteiger partial charge on any atom is -0.348 e. The Morgan fingerprint density at radius 1 is 1.30 bits per heavy atom. The van der Waals surface area contributed by atoms with Crippen LogP contribution in [0, 0.1) is 11.3 Å². The van der Waals surface area contributed by atoms with Crippen molar-refractivity contribution in [3.05, 3.63) is 34.3 Å². The van der Waals surface area contributed by atoms with E-state index in [1.54, 1.807) is 0 Å². The van der Waals surface area contributed by atoms with E-state index in [0.29, 0.717) is 18.8 Å². The van der Waals surface area contributed by atoms with Gasteiger partial charge in [-0.15, -0.1) is 0 Å². The van der Waals surface area contributed by atoms with Crippen molar-refractivity contribution in [2.45, 2.75) is 71.4 Å². The Bertz CT molecular complexity index is 831. The molecule has 164 valence electrons. The second-order valence-corrected chi connectivity index (χ2v) is 10.2. The molecule has 0 bridgehead atoms. The summed E-state index contributed by atoms with van der Waals surface area (Å²) in [6.45, 7) is 8.36. The highest BCUT2D eigenvalue weighted by molar-refractivity contribution is 9.10. The van der Waals surface area contributed by atoms with Crippen LogP contribution < -0.4 is 10.6 Å². The van der Waals surface area contributed by atoms with Crippen molar-refractivity contribution in [3.63, 3.8) is 0 Å². The van der Waals surface area contributed by atoms with Gasteiger partial charge in [-0.25, -0.2) is 4.79 Å². The van der Waals surface area contributed by atoms with Crippen molar-refractivity contribution in [1.82, 2.24) is 15.5 Å². The Morgan fingerprint density at radius 3 is 2.53 bits per heavy atom. The monoisotopic (exact) mass is 477 g/mol. The first-order valence-electron chi connectivity index (χ1n) is 10.8. The van der Waals surface area contributed by atoms with Gasteiger partial charge < -0.3 is 10.6 Å². The summed E-state index contributed by atoms with van der Waals surface area (Å²) in [5.41, 5.74) is 0.330. The lowest BCUT2D eigenvalue weighted by Crippen LogP contribution is -2.51. The van der Waals surface area contributed by atoms with E-state index in [1.165, 1.54) is 0 Å². The van der Waals surface area contributed by atoms with Crippen molar-refractivity contribution in [2.24, 2.45) is 11.3 Å². The molecule has 3 rings (SSSR count). The van der Waals surface area contributed by atoms with E-state index in [0.717, 1.165) is 34.2 Å². The van der Waals surface area contributed by atoms with Crippen LogP contribution in [0.5, 0.6) is 0 Å². The molecule has 2 fully saturated rings. The molecule has 1 aromatic rings. The van der Waals surface area contributed by atoms with E-state index in [1.807, 2.05) is 31.2 Å². The highest BCUT2D eigenvalue weighted by atomic mass is 79.9. The molecule has 0 aromatic heterocycles. The quantitative estimate of drug-likeness (QED) is 0.590. The lowest BCUT2D eigenvalue weighted by Gasteiger charge is -2.42. The van der Waals surface area contributed by atoms with Gasteiger partial charge in [0.15, 0.2) is 0 Å². The molecule has 1 heterocycles. The van der Waals surface area contributed by atoms with Crippen molar-refractivity contribution < 1.29 is 14.4 Å². The number of nitrogens with zero attached hydrogens (tertiary/aromatic N) is 1. The van der Waals surface area contributed by atoms with Crippen LogP contribution in [0.4, 0.5) is 4.79 Å². The molecule has 6 nitrogen and oxygen atoms in total. The van der Waals surface area contributed by atoms with Gasteiger partial charge in [0.1, 0.15) is 12.1 Å². The fourth-order valence-corrected chi connectivity index (χ4v) is 5.30. The zero-order chi connectivity index (χ0) is 22.1. The third-order valence-electron chi connectivity index (χ3n) is 7.15. The second-order valence-electron chi connectivity index (χ2n) is 9.33. The van der Waals surface area contributed by atoms with Gasteiger partial charge in [-0.2, -0.15) is 0 Å². The Balaban J connectivity index is 1.62. The number of amides is 4. The van der Waals surface area contributed by atoms with Crippen LogP contribution in [0.25, 0.3) is 0 Å². The molecule has 2 N–H and O–H groups in total. The van der Waals surface area contributed by atoms with Gasteiger partial charge in [-0.3, -0.25) is 14.5 Å². The van der Waals surface area contributed by atoms with Gasteiger partial charge in [0.05, 0.1) is 6.04 Å². The van der Waals surface area contributed by atoms with Crippen molar-refractivity contribution in [3.8, 4) is 0 Å². The zero-order valence-electron chi connectivity index (χ0n) is 18.3. The van der Waals surface area contributed by atoms with E-state index >= 15 is 0 Å². The van der Waals surface area contributed by atoms with Crippen molar-refractivity contribution >= 4 is 33.8 Å². The van der Waals surface area contributed by atoms with E-state index in [4.69, 9.17) is 0 Å². The maximum Gasteiger partial charge on any atom is 0.325 e. The molecular weight excluding hydrogens is 446 g/mol. The third-order valence-corrected chi connectivity index (χ3v) is 7.87. The van der Waals surface area contributed by atoms with Crippen LogP contribution in [0.1, 0.15) is 71.4 Å². The molecule has 1 saturated heterocycles. The number of rotatable bonds is 6. The number of hydrogen-bond donors (Lipinski definition) is 2. The molecule has 1 aliphatic heterocycles. The molecule has 2 aliphatic rings. The molecule has 1 saturated carbocycles. The van der Waals surface area contributed by atoms with Gasteiger partial charge in [0.2, 0.25) is 5.91 Å². The molecular formula is C23H32BrN3O3. The number of carbonyl (C=O) groups excluding carboxylic acids is 3. The Hall–Kier alpha value is -1.89. The summed E-state index contributed by atoms with van der Waals surface area (Å²) in [6.07, 6.45) is 4.18. The number of hydrogen-bond acceptors (Lipinski definition) is 3. The van der Waals surface area contributed by atoms with Crippen molar-refractivity contribution in [2.75, 3.05) is 6.54 Å². The maximum atomic E-state index is 13.1. The average molecular weight is 478 g/mol. The summed E-state index contributed by atoms with van der Waals surface area (Å²) in [7, 11) is 0. The van der Waals surface area contributed by atoms with Crippen LogP contribution >= 0.6 is 15.9 Å². The van der Waals surface area contributed by atoms with Crippen LogP contribution in [0.15, 0.2) is 28.7 Å². The van der Waals surface area contributed by atoms with Gasteiger partial charge >= 0.3 is 6.03 Å². The topological polar surface area (TPSA) is 78.5 Å². The molecule has 7 heteroatoms. The van der Waals surface area contributed by atoms with E-state index in [-0.39, 0.29) is 29.8 Å².